The number of carbonyl (C=O) groups excluding carboxylic acids is 1. The zero-order valence-corrected chi connectivity index (χ0v) is 7.21. The summed E-state index contributed by atoms with van der Waals surface area (Å²) in [6, 6.07) is 0.819. The largest absolute Gasteiger partial charge is 0.425 e. The molecule has 6 heteroatoms. The number of Topliss-reactive ketones (excluding diaryl/α,β-unsaturated/α-hetero) is 1. The van der Waals surface area contributed by atoms with Crippen LogP contribution in [0.2, 0.25) is 0 Å². The molecule has 0 atom stereocenters. The second-order valence-electron chi connectivity index (χ2n) is 2.32. The lowest BCUT2D eigenvalue weighted by Gasteiger charge is -2.00. The molecule has 1 aromatic rings. The first-order valence-corrected chi connectivity index (χ1v) is 4.22. The minimum atomic E-state index is -4.38. The molecule has 0 aromatic carbocycles. The maximum atomic E-state index is 12.0. The highest BCUT2D eigenvalue weighted by molar-refractivity contribution is 7.10. The summed E-state index contributed by atoms with van der Waals surface area (Å²) in [6.45, 7) is -0.270. The van der Waals surface area contributed by atoms with E-state index < -0.39 is 16.8 Å². The molecular formula is C7H6F3NOS. The average molecular weight is 209 g/mol. The minimum absolute atomic E-state index is 0.0276. The van der Waals surface area contributed by atoms with Gasteiger partial charge in [0.25, 0.3) is 0 Å². The van der Waals surface area contributed by atoms with E-state index in [0.717, 1.165) is 11.4 Å². The molecule has 0 bridgehead atoms. The van der Waals surface area contributed by atoms with Crippen LogP contribution in [0.4, 0.5) is 13.2 Å². The molecule has 0 aliphatic carbocycles. The summed E-state index contributed by atoms with van der Waals surface area (Å²) in [5.41, 5.74) is 5.02. The molecule has 0 amide bonds. The molecular weight excluding hydrogens is 203 g/mol. The van der Waals surface area contributed by atoms with Crippen LogP contribution in [0.5, 0.6) is 0 Å². The molecule has 13 heavy (non-hydrogen) atoms. The van der Waals surface area contributed by atoms with Gasteiger partial charge in [-0.3, -0.25) is 4.79 Å². The lowest BCUT2D eigenvalue weighted by atomic mass is 10.2. The molecule has 2 N–H and O–H groups in total. The number of ketones is 1. The molecule has 1 rings (SSSR count). The van der Waals surface area contributed by atoms with Gasteiger partial charge in [-0.25, -0.2) is 0 Å². The third-order valence-electron chi connectivity index (χ3n) is 1.39. The highest BCUT2D eigenvalue weighted by atomic mass is 32.1. The molecule has 1 heterocycles. The Morgan fingerprint density at radius 2 is 2.15 bits per heavy atom. The average Bonchev–Trinajstić information content (AvgIpc) is 2.50. The first-order valence-electron chi connectivity index (χ1n) is 3.34. The van der Waals surface area contributed by atoms with E-state index in [4.69, 9.17) is 5.73 Å². The topological polar surface area (TPSA) is 43.1 Å². The summed E-state index contributed by atoms with van der Waals surface area (Å²) >= 11 is 0.499. The Kier molecular flexibility index (Phi) is 2.72. The van der Waals surface area contributed by atoms with Gasteiger partial charge < -0.3 is 5.73 Å². The predicted octanol–water partition coefficient (Wildman–Crippen LogP) is 1.91. The van der Waals surface area contributed by atoms with E-state index in [-0.39, 0.29) is 12.1 Å². The molecule has 0 spiro atoms. The van der Waals surface area contributed by atoms with Crippen LogP contribution < -0.4 is 5.73 Å². The van der Waals surface area contributed by atoms with Gasteiger partial charge in [0.15, 0.2) is 5.78 Å². The van der Waals surface area contributed by atoms with E-state index in [9.17, 15) is 18.0 Å². The normalized spacial score (nSPS) is 11.7. The number of rotatable bonds is 2. The molecule has 72 valence electrons. The number of hydrogen-bond donors (Lipinski definition) is 1. The first-order chi connectivity index (χ1) is 5.95. The summed E-state index contributed by atoms with van der Waals surface area (Å²) in [7, 11) is 0. The fraction of sp³-hybridized carbons (Fsp3) is 0.286. The molecule has 0 radical (unpaired) electrons. The molecule has 0 saturated heterocycles. The van der Waals surface area contributed by atoms with Crippen LogP contribution >= 0.6 is 11.3 Å². The number of alkyl halides is 3. The van der Waals surface area contributed by atoms with Crippen LogP contribution in [0.15, 0.2) is 11.4 Å². The van der Waals surface area contributed by atoms with Crippen LogP contribution in [0.25, 0.3) is 0 Å². The van der Waals surface area contributed by atoms with Crippen molar-refractivity contribution in [1.29, 1.82) is 0 Å². The Morgan fingerprint density at radius 1 is 1.54 bits per heavy atom. The zero-order chi connectivity index (χ0) is 10.1. The molecule has 0 unspecified atom stereocenters. The predicted molar refractivity (Wildman–Crippen MR) is 42.7 cm³/mol. The number of nitrogens with two attached hydrogens (primary N) is 1. The van der Waals surface area contributed by atoms with Crippen LogP contribution in [-0.4, -0.2) is 12.3 Å². The van der Waals surface area contributed by atoms with Gasteiger partial charge in [-0.05, 0) is 6.07 Å². The van der Waals surface area contributed by atoms with E-state index in [1.165, 1.54) is 0 Å². The van der Waals surface area contributed by atoms with Crippen molar-refractivity contribution in [1.82, 2.24) is 0 Å². The van der Waals surface area contributed by atoms with Crippen molar-refractivity contribution in [2.24, 2.45) is 5.73 Å². The van der Waals surface area contributed by atoms with Gasteiger partial charge in [-0.15, -0.1) is 11.3 Å². The molecule has 0 saturated carbocycles. The Labute approximate surface area is 76.2 Å². The number of carbonyl (C=O) groups is 1. The van der Waals surface area contributed by atoms with Crippen LogP contribution in [0, 0.1) is 0 Å². The van der Waals surface area contributed by atoms with E-state index in [0.29, 0.717) is 11.3 Å². The number of hydrogen-bond acceptors (Lipinski definition) is 3. The first kappa shape index (κ1) is 10.2. The number of halogens is 3. The van der Waals surface area contributed by atoms with Gasteiger partial charge in [0.1, 0.15) is 4.88 Å². The molecule has 2 nitrogen and oxygen atoms in total. The molecule has 1 aromatic heterocycles. The maximum Gasteiger partial charge on any atom is 0.425 e. The summed E-state index contributed by atoms with van der Waals surface area (Å²) in [4.78, 5) is 10.1. The van der Waals surface area contributed by atoms with Crippen molar-refractivity contribution in [3.63, 3.8) is 0 Å². The van der Waals surface area contributed by atoms with Crippen LogP contribution in [0.3, 0.4) is 0 Å². The van der Waals surface area contributed by atoms with Crippen molar-refractivity contribution in [2.75, 3.05) is 6.54 Å². The van der Waals surface area contributed by atoms with Crippen LogP contribution in [-0.2, 0) is 6.18 Å². The maximum absolute atomic E-state index is 12.0. The zero-order valence-electron chi connectivity index (χ0n) is 6.39. The monoisotopic (exact) mass is 209 g/mol. The Balaban J connectivity index is 2.93. The van der Waals surface area contributed by atoms with Crippen molar-refractivity contribution in [3.8, 4) is 0 Å². The highest BCUT2D eigenvalue weighted by Gasteiger charge is 2.32. The highest BCUT2D eigenvalue weighted by Crippen LogP contribution is 2.33. The SMILES string of the molecule is NCC(=O)c1csc(C(F)(F)F)c1. The van der Waals surface area contributed by atoms with Gasteiger partial charge in [0.05, 0.1) is 6.54 Å². The summed E-state index contributed by atoms with van der Waals surface area (Å²) in [5.74, 6) is -0.480. The lowest BCUT2D eigenvalue weighted by Crippen LogP contribution is -2.12. The number of thiophene rings is 1. The van der Waals surface area contributed by atoms with E-state index >= 15 is 0 Å². The smallest absolute Gasteiger partial charge is 0.324 e. The molecule has 0 aliphatic rings. The summed E-state index contributed by atoms with van der Waals surface area (Å²) < 4.78 is 36.1. The third kappa shape index (κ3) is 2.28. The van der Waals surface area contributed by atoms with Gasteiger partial charge in [-0.1, -0.05) is 0 Å². The fourth-order valence-corrected chi connectivity index (χ4v) is 1.53. The Hall–Kier alpha value is -0.880. The Bertz CT molecular complexity index is 318. The fourth-order valence-electron chi connectivity index (χ4n) is 0.749. The second-order valence-corrected chi connectivity index (χ2v) is 3.24. The van der Waals surface area contributed by atoms with Gasteiger partial charge in [0.2, 0.25) is 0 Å². The van der Waals surface area contributed by atoms with Crippen molar-refractivity contribution < 1.29 is 18.0 Å². The molecule has 0 fully saturated rings. The quantitative estimate of drug-likeness (QED) is 0.756. The summed E-state index contributed by atoms with van der Waals surface area (Å²) in [6.07, 6.45) is -4.38. The van der Waals surface area contributed by atoms with Crippen molar-refractivity contribution >= 4 is 17.1 Å². The van der Waals surface area contributed by atoms with Gasteiger partial charge >= 0.3 is 6.18 Å². The standard InChI is InChI=1S/C7H6F3NOS/c8-7(9,10)6-1-4(3-13-6)5(12)2-11/h1,3H,2,11H2. The minimum Gasteiger partial charge on any atom is -0.324 e. The van der Waals surface area contributed by atoms with Gasteiger partial charge in [-0.2, -0.15) is 13.2 Å². The lowest BCUT2D eigenvalue weighted by molar-refractivity contribution is -0.134. The van der Waals surface area contributed by atoms with Crippen molar-refractivity contribution in [3.05, 3.63) is 21.9 Å². The van der Waals surface area contributed by atoms with E-state index in [2.05, 4.69) is 0 Å². The van der Waals surface area contributed by atoms with Gasteiger partial charge in [0, 0.05) is 10.9 Å². The second kappa shape index (κ2) is 3.47. The Morgan fingerprint density at radius 3 is 2.54 bits per heavy atom. The summed E-state index contributed by atoms with van der Waals surface area (Å²) in [5, 5.41) is 1.16. The van der Waals surface area contributed by atoms with E-state index in [1.807, 2.05) is 0 Å². The van der Waals surface area contributed by atoms with Crippen LogP contribution in [0.1, 0.15) is 15.2 Å². The van der Waals surface area contributed by atoms with Crippen molar-refractivity contribution in [2.45, 2.75) is 6.18 Å². The molecule has 0 aliphatic heterocycles. The van der Waals surface area contributed by atoms with E-state index in [1.54, 1.807) is 0 Å². The third-order valence-corrected chi connectivity index (χ3v) is 2.36.